The number of benzene rings is 7. The van der Waals surface area contributed by atoms with Crippen LogP contribution in [0.3, 0.4) is 0 Å². The quantitative estimate of drug-likeness (QED) is 0.177. The van der Waals surface area contributed by atoms with Crippen LogP contribution in [0.2, 0.25) is 0 Å². The standard InChI is InChI=1S/C48H38N2O/c1-4-15-34(16-5-1)48(29-12-3-13-30-48)35-17-14-20-37(31-35)49(39-26-28-43-42-22-9-11-24-46(42)51-47(43)33-39)38-25-27-41-40-21-8-10-23-44(40)50(45(41)32-38)36-18-6-2-7-19-36/h1-2,4-11,14-28,31-33H,3,12-13,29-30H2. The molecule has 1 aliphatic carbocycles. The minimum absolute atomic E-state index is 0.00638. The molecule has 3 nitrogen and oxygen atoms in total. The molecule has 2 aromatic heterocycles. The minimum Gasteiger partial charge on any atom is -0.456 e. The lowest BCUT2D eigenvalue weighted by Crippen LogP contribution is -2.30. The number of nitrogens with zero attached hydrogens (tertiary/aromatic N) is 2. The van der Waals surface area contributed by atoms with E-state index in [1.54, 1.807) is 0 Å². The molecule has 246 valence electrons. The predicted octanol–water partition coefficient (Wildman–Crippen LogP) is 13.4. The first-order valence-electron chi connectivity index (χ1n) is 18.2. The molecule has 0 N–H and O–H groups in total. The zero-order valence-corrected chi connectivity index (χ0v) is 28.5. The maximum Gasteiger partial charge on any atom is 0.137 e. The van der Waals surface area contributed by atoms with Crippen LogP contribution in [0.5, 0.6) is 0 Å². The summed E-state index contributed by atoms with van der Waals surface area (Å²) in [6, 6.07) is 62.0. The number of rotatable bonds is 6. The van der Waals surface area contributed by atoms with E-state index >= 15 is 0 Å². The van der Waals surface area contributed by atoms with Gasteiger partial charge in [0.05, 0.1) is 11.0 Å². The molecule has 7 aromatic carbocycles. The summed E-state index contributed by atoms with van der Waals surface area (Å²) in [6.45, 7) is 0. The van der Waals surface area contributed by atoms with Crippen molar-refractivity contribution >= 4 is 60.8 Å². The van der Waals surface area contributed by atoms with Crippen LogP contribution in [0.1, 0.15) is 43.2 Å². The smallest absolute Gasteiger partial charge is 0.137 e. The van der Waals surface area contributed by atoms with Crippen molar-refractivity contribution in [3.05, 3.63) is 181 Å². The van der Waals surface area contributed by atoms with Crippen molar-refractivity contribution in [2.24, 2.45) is 0 Å². The van der Waals surface area contributed by atoms with E-state index in [-0.39, 0.29) is 5.41 Å². The molecule has 51 heavy (non-hydrogen) atoms. The molecule has 10 rings (SSSR count). The highest BCUT2D eigenvalue weighted by Gasteiger charge is 2.36. The van der Waals surface area contributed by atoms with E-state index in [0.717, 1.165) is 57.5 Å². The van der Waals surface area contributed by atoms with E-state index in [0.29, 0.717) is 0 Å². The second kappa shape index (κ2) is 12.1. The van der Waals surface area contributed by atoms with Gasteiger partial charge in [0.2, 0.25) is 0 Å². The highest BCUT2D eigenvalue weighted by Crippen LogP contribution is 2.47. The van der Waals surface area contributed by atoms with Crippen molar-refractivity contribution in [1.29, 1.82) is 0 Å². The van der Waals surface area contributed by atoms with Gasteiger partial charge in [-0.2, -0.15) is 0 Å². The molecule has 0 radical (unpaired) electrons. The average Bonchev–Trinajstić information content (AvgIpc) is 3.74. The summed E-state index contributed by atoms with van der Waals surface area (Å²) in [5.41, 5.74) is 11.5. The number of aromatic nitrogens is 1. The molecule has 3 heteroatoms. The Morgan fingerprint density at radius 3 is 1.86 bits per heavy atom. The second-order valence-electron chi connectivity index (χ2n) is 14.1. The highest BCUT2D eigenvalue weighted by molar-refractivity contribution is 6.11. The number of furan rings is 1. The molecule has 2 heterocycles. The Kier molecular flexibility index (Phi) is 7.06. The molecule has 0 spiro atoms. The molecule has 1 saturated carbocycles. The van der Waals surface area contributed by atoms with E-state index in [9.17, 15) is 0 Å². The lowest BCUT2D eigenvalue weighted by Gasteiger charge is -2.39. The summed E-state index contributed by atoms with van der Waals surface area (Å²) in [6.07, 6.45) is 6.11. The van der Waals surface area contributed by atoms with Gasteiger partial charge in [0.15, 0.2) is 0 Å². The first kappa shape index (κ1) is 29.8. The molecule has 0 saturated heterocycles. The van der Waals surface area contributed by atoms with Gasteiger partial charge in [-0.3, -0.25) is 0 Å². The fourth-order valence-corrected chi connectivity index (χ4v) is 8.85. The SMILES string of the molecule is c1ccc(-n2c3ccccc3c3ccc(N(c4cccc(C5(c6ccccc6)CCCCC5)c4)c4ccc5c(c4)oc4ccccc45)cc32)cc1. The molecule has 0 amide bonds. The molecule has 1 fully saturated rings. The summed E-state index contributed by atoms with van der Waals surface area (Å²) in [4.78, 5) is 2.42. The van der Waals surface area contributed by atoms with Gasteiger partial charge in [-0.25, -0.2) is 0 Å². The minimum atomic E-state index is -0.00638. The van der Waals surface area contributed by atoms with E-state index < -0.39 is 0 Å². The van der Waals surface area contributed by atoms with Gasteiger partial charge in [0.25, 0.3) is 0 Å². The van der Waals surface area contributed by atoms with Crippen LogP contribution < -0.4 is 4.90 Å². The molecule has 1 aliphatic rings. The molecule has 0 bridgehead atoms. The molecule has 0 unspecified atom stereocenters. The number of anilines is 3. The van der Waals surface area contributed by atoms with E-state index in [2.05, 4.69) is 173 Å². The Morgan fingerprint density at radius 1 is 0.431 bits per heavy atom. The van der Waals surface area contributed by atoms with Gasteiger partial charge in [0.1, 0.15) is 11.2 Å². The average molecular weight is 659 g/mol. The molecular formula is C48H38N2O. The van der Waals surface area contributed by atoms with Crippen LogP contribution in [0.25, 0.3) is 49.4 Å². The fourth-order valence-electron chi connectivity index (χ4n) is 8.85. The third-order valence-corrected chi connectivity index (χ3v) is 11.2. The van der Waals surface area contributed by atoms with Crippen LogP contribution in [0.4, 0.5) is 17.1 Å². The molecular weight excluding hydrogens is 621 g/mol. The van der Waals surface area contributed by atoms with Crippen molar-refractivity contribution in [3.63, 3.8) is 0 Å². The van der Waals surface area contributed by atoms with Crippen LogP contribution in [0.15, 0.2) is 174 Å². The largest absolute Gasteiger partial charge is 0.456 e. The molecule has 0 atom stereocenters. The van der Waals surface area contributed by atoms with Gasteiger partial charge < -0.3 is 13.9 Å². The zero-order chi connectivity index (χ0) is 33.8. The van der Waals surface area contributed by atoms with Crippen LogP contribution in [-0.2, 0) is 5.41 Å². The Morgan fingerprint density at radius 2 is 1.04 bits per heavy atom. The highest BCUT2D eigenvalue weighted by atomic mass is 16.3. The van der Waals surface area contributed by atoms with Crippen molar-refractivity contribution in [3.8, 4) is 5.69 Å². The summed E-state index contributed by atoms with van der Waals surface area (Å²) in [5, 5.41) is 4.77. The Bertz CT molecular complexity index is 2680. The van der Waals surface area contributed by atoms with Crippen molar-refractivity contribution < 1.29 is 4.42 Å². The van der Waals surface area contributed by atoms with Crippen molar-refractivity contribution in [1.82, 2.24) is 4.57 Å². The van der Waals surface area contributed by atoms with Crippen molar-refractivity contribution in [2.75, 3.05) is 4.90 Å². The fraction of sp³-hybridized carbons (Fsp3) is 0.125. The van der Waals surface area contributed by atoms with E-state index in [4.69, 9.17) is 4.42 Å². The van der Waals surface area contributed by atoms with E-state index in [1.165, 1.54) is 52.2 Å². The normalized spacial score (nSPS) is 14.4. The Balaban J connectivity index is 1.21. The number of hydrogen-bond acceptors (Lipinski definition) is 2. The summed E-state index contributed by atoms with van der Waals surface area (Å²) >= 11 is 0. The third kappa shape index (κ3) is 4.87. The second-order valence-corrected chi connectivity index (χ2v) is 14.1. The Hall–Kier alpha value is -6.06. The van der Waals surface area contributed by atoms with E-state index in [1.807, 2.05) is 6.07 Å². The van der Waals surface area contributed by atoms with Crippen molar-refractivity contribution in [2.45, 2.75) is 37.5 Å². The lowest BCUT2D eigenvalue weighted by atomic mass is 9.65. The van der Waals surface area contributed by atoms with Gasteiger partial charge in [-0.1, -0.05) is 122 Å². The van der Waals surface area contributed by atoms with Crippen LogP contribution in [-0.4, -0.2) is 4.57 Å². The number of fused-ring (bicyclic) bond motifs is 6. The van der Waals surface area contributed by atoms with Crippen LogP contribution >= 0.6 is 0 Å². The zero-order valence-electron chi connectivity index (χ0n) is 28.5. The maximum absolute atomic E-state index is 6.46. The predicted molar refractivity (Wildman–Crippen MR) is 213 cm³/mol. The number of hydrogen-bond donors (Lipinski definition) is 0. The third-order valence-electron chi connectivity index (χ3n) is 11.2. The molecule has 9 aromatic rings. The maximum atomic E-state index is 6.46. The van der Waals surface area contributed by atoms with Crippen LogP contribution in [0, 0.1) is 0 Å². The lowest BCUT2D eigenvalue weighted by molar-refractivity contribution is 0.346. The Labute approximate surface area is 298 Å². The number of para-hydroxylation sites is 3. The summed E-state index contributed by atoms with van der Waals surface area (Å²) < 4.78 is 8.86. The summed E-state index contributed by atoms with van der Waals surface area (Å²) in [5.74, 6) is 0. The van der Waals surface area contributed by atoms with Gasteiger partial charge in [-0.15, -0.1) is 0 Å². The first-order valence-corrected chi connectivity index (χ1v) is 18.2. The van der Waals surface area contributed by atoms with Gasteiger partial charge in [0, 0.05) is 55.8 Å². The summed E-state index contributed by atoms with van der Waals surface area (Å²) in [7, 11) is 0. The molecule has 0 aliphatic heterocycles. The van der Waals surface area contributed by atoms with Gasteiger partial charge in [-0.05, 0) is 84.6 Å². The monoisotopic (exact) mass is 658 g/mol. The first-order chi connectivity index (χ1) is 25.3. The topological polar surface area (TPSA) is 21.3 Å². The van der Waals surface area contributed by atoms with Gasteiger partial charge >= 0.3 is 0 Å².